The van der Waals surface area contributed by atoms with Crippen LogP contribution in [0.15, 0.2) is 78.3 Å². The van der Waals surface area contributed by atoms with E-state index in [1.165, 1.54) is 11.3 Å². The van der Waals surface area contributed by atoms with E-state index in [0.717, 1.165) is 35.5 Å². The molecule has 0 bridgehead atoms. The zero-order valence-electron chi connectivity index (χ0n) is 20.7. The molecule has 0 radical (unpaired) electrons. The highest BCUT2D eigenvalue weighted by molar-refractivity contribution is 7.12. The average Bonchev–Trinajstić information content (AvgIpc) is 3.39. The molecule has 4 aromatic rings. The Kier molecular flexibility index (Phi) is 5.96. The predicted octanol–water partition coefficient (Wildman–Crippen LogP) is 5.30. The second kappa shape index (κ2) is 9.44. The zero-order valence-corrected chi connectivity index (χ0v) is 21.5. The van der Waals surface area contributed by atoms with Crippen molar-refractivity contribution in [2.45, 2.75) is 24.9 Å². The number of para-hydroxylation sites is 2. The van der Waals surface area contributed by atoms with Crippen molar-refractivity contribution < 1.29 is 19.1 Å². The van der Waals surface area contributed by atoms with Crippen molar-refractivity contribution in [1.29, 1.82) is 0 Å². The SMILES string of the molecule is COc1ccc(OC)c(C2c3cccn3-c3ccccc3N2C(=O)CN(C(=O)c2cccs2)C2CC2)c1. The Morgan fingerprint density at radius 2 is 1.78 bits per heavy atom. The normalized spacial score (nSPS) is 16.1. The first-order valence-electron chi connectivity index (χ1n) is 12.3. The molecule has 1 saturated carbocycles. The molecule has 0 saturated heterocycles. The third kappa shape index (κ3) is 4.07. The molecular weight excluding hydrogens is 486 g/mol. The summed E-state index contributed by atoms with van der Waals surface area (Å²) in [7, 11) is 3.25. The Balaban J connectivity index is 1.47. The van der Waals surface area contributed by atoms with Crippen LogP contribution < -0.4 is 14.4 Å². The molecule has 1 aliphatic carbocycles. The number of thiophene rings is 1. The number of anilines is 1. The lowest BCUT2D eigenvalue weighted by Gasteiger charge is -2.40. The molecule has 0 N–H and O–H groups in total. The van der Waals surface area contributed by atoms with E-state index in [1.54, 1.807) is 19.1 Å². The van der Waals surface area contributed by atoms with Crippen LogP contribution in [0.25, 0.3) is 5.69 Å². The first-order chi connectivity index (χ1) is 18.1. The summed E-state index contributed by atoms with van der Waals surface area (Å²) in [6, 6.07) is 20.8. The molecule has 188 valence electrons. The summed E-state index contributed by atoms with van der Waals surface area (Å²) in [6.07, 6.45) is 3.83. The molecule has 1 atom stereocenters. The minimum atomic E-state index is -0.472. The molecule has 6 rings (SSSR count). The number of hydrogen-bond donors (Lipinski definition) is 0. The van der Waals surface area contributed by atoms with Gasteiger partial charge in [0.25, 0.3) is 5.91 Å². The van der Waals surface area contributed by atoms with Gasteiger partial charge >= 0.3 is 0 Å². The Hall–Kier alpha value is -4.04. The van der Waals surface area contributed by atoms with Crippen LogP contribution >= 0.6 is 11.3 Å². The van der Waals surface area contributed by atoms with E-state index in [0.29, 0.717) is 16.4 Å². The van der Waals surface area contributed by atoms with Crippen molar-refractivity contribution in [3.63, 3.8) is 0 Å². The molecular formula is C29H27N3O4S. The van der Waals surface area contributed by atoms with Gasteiger partial charge in [-0.15, -0.1) is 11.3 Å². The third-order valence-electron chi connectivity index (χ3n) is 7.01. The van der Waals surface area contributed by atoms with Gasteiger partial charge in [0.2, 0.25) is 5.91 Å². The summed E-state index contributed by atoms with van der Waals surface area (Å²) in [5.74, 6) is 1.10. The van der Waals surface area contributed by atoms with E-state index in [1.807, 2.05) is 83.2 Å². The number of aromatic nitrogens is 1. The van der Waals surface area contributed by atoms with Crippen LogP contribution in [-0.2, 0) is 4.79 Å². The molecule has 1 fully saturated rings. The number of ether oxygens (including phenoxy) is 2. The number of carbonyl (C=O) groups excluding carboxylic acids is 2. The number of methoxy groups -OCH3 is 2. The summed E-state index contributed by atoms with van der Waals surface area (Å²) in [4.78, 5) is 31.9. The van der Waals surface area contributed by atoms with Crippen LogP contribution in [0, 0.1) is 0 Å². The molecule has 8 heteroatoms. The van der Waals surface area contributed by atoms with Crippen LogP contribution in [0.1, 0.15) is 39.8 Å². The van der Waals surface area contributed by atoms with Crippen molar-refractivity contribution >= 4 is 28.8 Å². The quantitative estimate of drug-likeness (QED) is 0.337. The number of fused-ring (bicyclic) bond motifs is 3. The highest BCUT2D eigenvalue weighted by atomic mass is 32.1. The Bertz CT molecular complexity index is 1460. The first-order valence-corrected chi connectivity index (χ1v) is 13.1. The number of benzene rings is 2. The Morgan fingerprint density at radius 1 is 0.973 bits per heavy atom. The van der Waals surface area contributed by atoms with Crippen molar-refractivity contribution in [2.24, 2.45) is 0 Å². The maximum atomic E-state index is 14.3. The molecule has 37 heavy (non-hydrogen) atoms. The molecule has 1 aliphatic heterocycles. The average molecular weight is 514 g/mol. The summed E-state index contributed by atoms with van der Waals surface area (Å²) >= 11 is 1.40. The van der Waals surface area contributed by atoms with Gasteiger partial charge in [0, 0.05) is 17.8 Å². The lowest BCUT2D eigenvalue weighted by atomic mass is 9.96. The fraction of sp³-hybridized carbons (Fsp3) is 0.241. The van der Waals surface area contributed by atoms with E-state index in [2.05, 4.69) is 4.57 Å². The summed E-state index contributed by atoms with van der Waals surface area (Å²) in [5, 5.41) is 1.89. The number of nitrogens with zero attached hydrogens (tertiary/aromatic N) is 3. The predicted molar refractivity (Wildman–Crippen MR) is 143 cm³/mol. The Labute approximate surface area is 219 Å². The molecule has 2 aromatic heterocycles. The van der Waals surface area contributed by atoms with Gasteiger partial charge < -0.3 is 18.9 Å². The van der Waals surface area contributed by atoms with Gasteiger partial charge in [0.15, 0.2) is 0 Å². The van der Waals surface area contributed by atoms with Gasteiger partial charge in [-0.05, 0) is 66.8 Å². The fourth-order valence-corrected chi connectivity index (χ4v) is 5.80. The summed E-state index contributed by atoms with van der Waals surface area (Å²) in [6.45, 7) is -0.000767. The maximum absolute atomic E-state index is 14.3. The number of hydrogen-bond acceptors (Lipinski definition) is 5. The maximum Gasteiger partial charge on any atom is 0.264 e. The van der Waals surface area contributed by atoms with Crippen molar-refractivity contribution in [2.75, 3.05) is 25.7 Å². The second-order valence-electron chi connectivity index (χ2n) is 9.21. The number of amides is 2. The van der Waals surface area contributed by atoms with Crippen LogP contribution in [-0.4, -0.2) is 48.1 Å². The number of rotatable bonds is 7. The van der Waals surface area contributed by atoms with Gasteiger partial charge in [-0.1, -0.05) is 18.2 Å². The fourth-order valence-electron chi connectivity index (χ4n) is 5.13. The van der Waals surface area contributed by atoms with Crippen molar-refractivity contribution in [3.8, 4) is 17.2 Å². The summed E-state index contributed by atoms with van der Waals surface area (Å²) in [5.41, 5.74) is 3.44. The monoisotopic (exact) mass is 513 g/mol. The van der Waals surface area contributed by atoms with Crippen molar-refractivity contribution in [1.82, 2.24) is 9.47 Å². The zero-order chi connectivity index (χ0) is 25.5. The highest BCUT2D eigenvalue weighted by Gasteiger charge is 2.41. The lowest BCUT2D eigenvalue weighted by Crippen LogP contribution is -2.47. The van der Waals surface area contributed by atoms with E-state index < -0.39 is 6.04 Å². The highest BCUT2D eigenvalue weighted by Crippen LogP contribution is 2.45. The lowest BCUT2D eigenvalue weighted by molar-refractivity contribution is -0.119. The topological polar surface area (TPSA) is 64.0 Å². The molecule has 3 heterocycles. The number of carbonyl (C=O) groups is 2. The molecule has 2 aliphatic rings. The van der Waals surface area contributed by atoms with E-state index in [-0.39, 0.29) is 24.4 Å². The molecule has 0 spiro atoms. The van der Waals surface area contributed by atoms with Crippen LogP contribution in [0.2, 0.25) is 0 Å². The largest absolute Gasteiger partial charge is 0.497 e. The minimum Gasteiger partial charge on any atom is -0.497 e. The van der Waals surface area contributed by atoms with Crippen LogP contribution in [0.5, 0.6) is 11.5 Å². The smallest absolute Gasteiger partial charge is 0.264 e. The van der Waals surface area contributed by atoms with Gasteiger partial charge in [0.1, 0.15) is 24.1 Å². The minimum absolute atomic E-state index is 0.000767. The van der Waals surface area contributed by atoms with Crippen LogP contribution in [0.4, 0.5) is 5.69 Å². The van der Waals surface area contributed by atoms with Crippen molar-refractivity contribution in [3.05, 3.63) is 94.4 Å². The van der Waals surface area contributed by atoms with Gasteiger partial charge in [0.05, 0.1) is 36.2 Å². The van der Waals surface area contributed by atoms with Crippen LogP contribution in [0.3, 0.4) is 0 Å². The van der Waals surface area contributed by atoms with E-state index >= 15 is 0 Å². The van der Waals surface area contributed by atoms with E-state index in [4.69, 9.17) is 9.47 Å². The third-order valence-corrected chi connectivity index (χ3v) is 7.86. The van der Waals surface area contributed by atoms with Gasteiger partial charge in [-0.25, -0.2) is 0 Å². The van der Waals surface area contributed by atoms with Gasteiger partial charge in [-0.2, -0.15) is 0 Å². The molecule has 7 nitrogen and oxygen atoms in total. The molecule has 1 unspecified atom stereocenters. The standard InChI is InChI=1S/C29H27N3O4S/c1-35-20-13-14-25(36-2)21(17-20)28-24-9-5-15-30(24)22-7-3-4-8-23(22)32(28)27(33)18-31(19-11-12-19)29(34)26-10-6-16-37-26/h3-10,13-17,19,28H,11-12,18H2,1-2H3. The van der Waals surface area contributed by atoms with Gasteiger partial charge in [-0.3, -0.25) is 14.5 Å². The molecule has 2 amide bonds. The molecule has 2 aromatic carbocycles. The summed E-state index contributed by atoms with van der Waals surface area (Å²) < 4.78 is 13.4. The second-order valence-corrected chi connectivity index (χ2v) is 10.2. The van der Waals surface area contributed by atoms with E-state index in [9.17, 15) is 9.59 Å². The Morgan fingerprint density at radius 3 is 2.49 bits per heavy atom. The first kappa shape index (κ1) is 23.4.